The van der Waals surface area contributed by atoms with Crippen molar-refractivity contribution in [3.8, 4) is 11.1 Å². The number of fused-ring (bicyclic) bond motifs is 7. The van der Waals surface area contributed by atoms with Gasteiger partial charge in [0, 0.05) is 39.2 Å². The topological polar surface area (TPSA) is 58.9 Å². The largest absolute Gasteiger partial charge is 0.383 e. The number of aliphatic imine (C=N–C) groups is 2. The SMILES string of the molecule is Bc1c(B)c(B)c(C(/N=C(\N)c2ccccc2)=N/Cn2c3ccccc3c3ccc4c(c32)N(c2ccc(-c3ccccc3)cc2)C2=CCC(C)CC24)c(B)c1B. The van der Waals surface area contributed by atoms with Crippen molar-refractivity contribution in [2.75, 3.05) is 4.90 Å². The van der Waals surface area contributed by atoms with Crippen LogP contribution in [0.1, 0.15) is 42.4 Å². The summed E-state index contributed by atoms with van der Waals surface area (Å²) in [5.41, 5.74) is 24.9. The van der Waals surface area contributed by atoms with E-state index in [1.54, 1.807) is 0 Å². The maximum absolute atomic E-state index is 6.80. The van der Waals surface area contributed by atoms with Crippen LogP contribution in [-0.2, 0) is 6.67 Å². The second kappa shape index (κ2) is 14.3. The molecule has 0 spiro atoms. The van der Waals surface area contributed by atoms with Crippen molar-refractivity contribution in [1.29, 1.82) is 0 Å². The predicted molar refractivity (Wildman–Crippen MR) is 254 cm³/mol. The smallest absolute Gasteiger partial charge is 0.157 e. The zero-order valence-electron chi connectivity index (χ0n) is 33.3. The van der Waals surface area contributed by atoms with Crippen molar-refractivity contribution >= 4 is 111 Å². The van der Waals surface area contributed by atoms with Gasteiger partial charge in [0.2, 0.25) is 0 Å². The monoisotopic (exact) mass is 721 g/mol. The van der Waals surface area contributed by atoms with E-state index in [0.29, 0.717) is 30.2 Å². The van der Waals surface area contributed by atoms with Crippen molar-refractivity contribution in [2.24, 2.45) is 21.6 Å². The third kappa shape index (κ3) is 5.94. The number of para-hydroxylation sites is 1. The molecule has 2 aliphatic rings. The lowest BCUT2D eigenvalue weighted by molar-refractivity contribution is 0.479. The molecule has 1 aliphatic heterocycles. The van der Waals surface area contributed by atoms with Gasteiger partial charge in [0.25, 0.3) is 0 Å². The lowest BCUT2D eigenvalue weighted by Gasteiger charge is -2.29. The fraction of sp³-hybridized carbons (Fsp3) is 0.130. The number of nitrogens with two attached hydrogens (primary N) is 1. The van der Waals surface area contributed by atoms with Gasteiger partial charge in [-0.15, -0.1) is 16.4 Å². The average molecular weight is 721 g/mol. The van der Waals surface area contributed by atoms with Crippen molar-refractivity contribution in [1.82, 2.24) is 4.57 Å². The summed E-state index contributed by atoms with van der Waals surface area (Å²) in [6.07, 6.45) is 4.70. The highest BCUT2D eigenvalue weighted by atomic mass is 15.2. The first-order chi connectivity index (χ1) is 27.2. The van der Waals surface area contributed by atoms with Gasteiger partial charge in [0.05, 0.1) is 16.7 Å². The number of hydrogen-bond donors (Lipinski definition) is 1. The van der Waals surface area contributed by atoms with Gasteiger partial charge in [-0.2, -0.15) is 0 Å². The molecule has 2 heterocycles. The Morgan fingerprint density at radius 1 is 0.696 bits per heavy atom. The van der Waals surface area contributed by atoms with Crippen LogP contribution in [0.25, 0.3) is 32.9 Å². The molecule has 1 aliphatic carbocycles. The second-order valence-corrected chi connectivity index (χ2v) is 15.8. The van der Waals surface area contributed by atoms with Gasteiger partial charge in [-0.25, -0.2) is 9.98 Å². The van der Waals surface area contributed by atoms with Crippen LogP contribution in [0.2, 0.25) is 0 Å². The number of rotatable bonds is 6. The Morgan fingerprint density at radius 3 is 2.04 bits per heavy atom. The van der Waals surface area contributed by atoms with E-state index in [0.717, 1.165) is 29.5 Å². The van der Waals surface area contributed by atoms with E-state index < -0.39 is 0 Å². The molecule has 1 aromatic heterocycles. The Hall–Kier alpha value is -5.88. The highest BCUT2D eigenvalue weighted by Gasteiger charge is 2.39. The van der Waals surface area contributed by atoms with E-state index in [1.165, 1.54) is 77.4 Å². The lowest BCUT2D eigenvalue weighted by atomic mass is 9.60. The Labute approximate surface area is 334 Å². The molecule has 2 unspecified atom stereocenters. The van der Waals surface area contributed by atoms with Gasteiger partial charge >= 0.3 is 0 Å². The first-order valence-corrected chi connectivity index (χ1v) is 19.9. The molecule has 9 rings (SSSR count). The maximum atomic E-state index is 6.80. The normalized spacial score (nSPS) is 16.9. The number of nitrogens with zero attached hydrogens (tertiary/aromatic N) is 4. The van der Waals surface area contributed by atoms with Gasteiger partial charge in [-0.05, 0) is 53.6 Å². The van der Waals surface area contributed by atoms with Gasteiger partial charge < -0.3 is 15.2 Å². The number of allylic oxidation sites excluding steroid dienone is 2. The van der Waals surface area contributed by atoms with Crippen LogP contribution in [0, 0.1) is 5.92 Å². The zero-order chi connectivity index (χ0) is 38.7. The van der Waals surface area contributed by atoms with Gasteiger partial charge in [0.15, 0.2) is 5.84 Å². The van der Waals surface area contributed by atoms with Gasteiger partial charge in [-0.3, -0.25) is 0 Å². The Bertz CT molecular complexity index is 2730. The quantitative estimate of drug-likeness (QED) is 0.163. The molecule has 10 heteroatoms. The minimum atomic E-state index is 0.330. The van der Waals surface area contributed by atoms with Gasteiger partial charge in [-0.1, -0.05) is 127 Å². The number of amidine groups is 2. The molecule has 0 amide bonds. The lowest BCUT2D eigenvalue weighted by Crippen LogP contribution is -2.57. The molecule has 5 nitrogen and oxygen atoms in total. The molecule has 0 fully saturated rings. The van der Waals surface area contributed by atoms with Crippen LogP contribution in [0.15, 0.2) is 143 Å². The third-order valence-corrected chi connectivity index (χ3v) is 12.6. The van der Waals surface area contributed by atoms with E-state index in [2.05, 4.69) is 153 Å². The van der Waals surface area contributed by atoms with E-state index in [4.69, 9.17) is 15.7 Å². The van der Waals surface area contributed by atoms with Crippen molar-refractivity contribution < 1.29 is 0 Å². The maximum Gasteiger partial charge on any atom is 0.157 e. The molecule has 268 valence electrons. The summed E-state index contributed by atoms with van der Waals surface area (Å²) in [5.74, 6) is 2.06. The molecule has 2 N–H and O–H groups in total. The summed E-state index contributed by atoms with van der Waals surface area (Å²) < 4.78 is 2.42. The molecule has 0 saturated carbocycles. The number of anilines is 2. The fourth-order valence-electron chi connectivity index (χ4n) is 9.19. The summed E-state index contributed by atoms with van der Waals surface area (Å²) in [5, 5.41) is 2.45. The van der Waals surface area contributed by atoms with Crippen LogP contribution >= 0.6 is 0 Å². The van der Waals surface area contributed by atoms with E-state index in [-0.39, 0.29) is 0 Å². The summed E-state index contributed by atoms with van der Waals surface area (Å²) in [4.78, 5) is 13.2. The molecule has 0 saturated heterocycles. The van der Waals surface area contributed by atoms with Crippen molar-refractivity contribution in [2.45, 2.75) is 32.4 Å². The summed E-state index contributed by atoms with van der Waals surface area (Å²) in [6, 6.07) is 43.3. The number of benzene rings is 6. The van der Waals surface area contributed by atoms with E-state index in [9.17, 15) is 0 Å². The minimum absolute atomic E-state index is 0.330. The Morgan fingerprint density at radius 2 is 1.32 bits per heavy atom. The van der Waals surface area contributed by atoms with Crippen LogP contribution < -0.4 is 37.9 Å². The van der Waals surface area contributed by atoms with Crippen molar-refractivity contribution in [3.05, 3.63) is 150 Å². The fourth-order valence-corrected chi connectivity index (χ4v) is 9.19. The molecular formula is C46H44B5N5. The Balaban J connectivity index is 1.27. The van der Waals surface area contributed by atoms with E-state index in [1.807, 2.05) is 30.3 Å². The summed E-state index contributed by atoms with van der Waals surface area (Å²) in [7, 11) is 11.0. The summed E-state index contributed by atoms with van der Waals surface area (Å²) >= 11 is 0. The first kappa shape index (κ1) is 35.8. The molecule has 0 radical (unpaired) electrons. The number of hydrogen-bond acceptors (Lipinski definition) is 2. The molecule has 0 bridgehead atoms. The highest BCUT2D eigenvalue weighted by Crippen LogP contribution is 2.56. The standard InChI is InChI=1S/C46H44B5N5/c1-26-16-23-36-34(24-26)33-22-21-32-31-14-8-9-15-35(31)55(43(32)44(33)56(36)30-19-17-28(18-20-30)27-10-4-2-5-11-27)25-53-46(54-45(52)29-12-6-3-7-13-29)37-38(47)40(49)42(51)41(50)39(37)48/h2-15,17-23,26,34H,16,24-25,47-51H2,1H3,(H2,52,53,54). The van der Waals surface area contributed by atoms with Crippen LogP contribution in [0.5, 0.6) is 0 Å². The molecule has 7 aromatic rings. The predicted octanol–water partition coefficient (Wildman–Crippen LogP) is 2.11. The Kier molecular flexibility index (Phi) is 9.16. The molecule has 56 heavy (non-hydrogen) atoms. The number of aromatic nitrogens is 1. The average Bonchev–Trinajstić information content (AvgIpc) is 3.74. The first-order valence-electron chi connectivity index (χ1n) is 19.9. The minimum Gasteiger partial charge on any atom is -0.383 e. The van der Waals surface area contributed by atoms with Gasteiger partial charge in [0.1, 0.15) is 51.7 Å². The molecule has 2 atom stereocenters. The molecule has 6 aromatic carbocycles. The van der Waals surface area contributed by atoms with Crippen LogP contribution in [0.3, 0.4) is 0 Å². The second-order valence-electron chi connectivity index (χ2n) is 15.8. The third-order valence-electron chi connectivity index (χ3n) is 12.6. The summed E-state index contributed by atoms with van der Waals surface area (Å²) in [6.45, 7) is 2.77. The van der Waals surface area contributed by atoms with Crippen LogP contribution in [-0.4, -0.2) is 55.5 Å². The van der Waals surface area contributed by atoms with Crippen LogP contribution in [0.4, 0.5) is 11.4 Å². The molecular weight excluding hydrogens is 677 g/mol. The zero-order valence-corrected chi connectivity index (χ0v) is 33.3. The van der Waals surface area contributed by atoms with Crippen molar-refractivity contribution in [3.63, 3.8) is 0 Å². The van der Waals surface area contributed by atoms with E-state index >= 15 is 0 Å². The highest BCUT2D eigenvalue weighted by molar-refractivity contribution is 6.68.